The van der Waals surface area contributed by atoms with Crippen LogP contribution in [-0.4, -0.2) is 25.1 Å². The largest absolute Gasteiger partial charge is 0.495 e. The van der Waals surface area contributed by atoms with Crippen LogP contribution in [0.4, 0.5) is 16.2 Å². The lowest BCUT2D eigenvalue weighted by Crippen LogP contribution is -2.43. The molecule has 3 N–H and O–H groups in total. The molecule has 0 fully saturated rings. The molecule has 0 radical (unpaired) electrons. The normalized spacial score (nSPS) is 11.3. The maximum atomic E-state index is 12.2. The third-order valence-electron chi connectivity index (χ3n) is 3.39. The summed E-state index contributed by atoms with van der Waals surface area (Å²) in [5, 5.41) is 7.96. The van der Waals surface area contributed by atoms with Gasteiger partial charge in [-0.05, 0) is 43.7 Å². The first-order valence-electron chi connectivity index (χ1n) is 7.57. The van der Waals surface area contributed by atoms with Crippen molar-refractivity contribution in [1.29, 1.82) is 0 Å². The van der Waals surface area contributed by atoms with Crippen LogP contribution in [0.25, 0.3) is 0 Å². The van der Waals surface area contributed by atoms with Crippen LogP contribution in [0.1, 0.15) is 12.5 Å². The minimum atomic E-state index is -0.609. The Morgan fingerprint density at radius 3 is 2.46 bits per heavy atom. The molecule has 0 bridgehead atoms. The predicted molar refractivity (Wildman–Crippen MR) is 94.4 cm³/mol. The summed E-state index contributed by atoms with van der Waals surface area (Å²) in [6, 6.07) is 13.4. The lowest BCUT2D eigenvalue weighted by atomic mass is 10.2. The quantitative estimate of drug-likeness (QED) is 0.788. The lowest BCUT2D eigenvalue weighted by Gasteiger charge is -2.17. The number of hydrogen-bond donors (Lipinski definition) is 3. The Hall–Kier alpha value is -3.02. The molecule has 6 heteroatoms. The van der Waals surface area contributed by atoms with Gasteiger partial charge in [0.05, 0.1) is 12.8 Å². The van der Waals surface area contributed by atoms with Gasteiger partial charge in [0.1, 0.15) is 11.8 Å². The Bertz CT molecular complexity index is 717. The van der Waals surface area contributed by atoms with E-state index < -0.39 is 18.0 Å². The fourth-order valence-corrected chi connectivity index (χ4v) is 2.14. The summed E-state index contributed by atoms with van der Waals surface area (Å²) in [6.45, 7) is 3.62. The van der Waals surface area contributed by atoms with Gasteiger partial charge in [0.25, 0.3) is 0 Å². The molecule has 2 aromatic rings. The molecule has 0 heterocycles. The zero-order chi connectivity index (χ0) is 17.5. The van der Waals surface area contributed by atoms with E-state index in [0.717, 1.165) is 5.56 Å². The van der Waals surface area contributed by atoms with Crippen molar-refractivity contribution in [3.05, 3.63) is 54.1 Å². The van der Waals surface area contributed by atoms with Crippen LogP contribution in [0.2, 0.25) is 0 Å². The number of methoxy groups -OCH3 is 1. The highest BCUT2D eigenvalue weighted by atomic mass is 16.5. The molecule has 0 aliphatic carbocycles. The van der Waals surface area contributed by atoms with Crippen LogP contribution in [0, 0.1) is 6.92 Å². The number of aryl methyl sites for hydroxylation is 1. The number of rotatable bonds is 5. The number of carbonyl (C=O) groups is 2. The van der Waals surface area contributed by atoms with Crippen LogP contribution in [-0.2, 0) is 4.79 Å². The third-order valence-corrected chi connectivity index (χ3v) is 3.39. The molecular formula is C18H21N3O3. The summed E-state index contributed by atoms with van der Waals surface area (Å²) >= 11 is 0. The molecule has 1 atom stereocenters. The van der Waals surface area contributed by atoms with Gasteiger partial charge in [0.15, 0.2) is 0 Å². The van der Waals surface area contributed by atoms with E-state index in [1.54, 1.807) is 38.3 Å². The molecule has 0 saturated heterocycles. The number of nitrogens with one attached hydrogen (secondary N) is 3. The summed E-state index contributed by atoms with van der Waals surface area (Å²) in [4.78, 5) is 24.0. The lowest BCUT2D eigenvalue weighted by molar-refractivity contribution is -0.120. The van der Waals surface area contributed by atoms with Gasteiger partial charge in [-0.3, -0.25) is 10.1 Å². The van der Waals surface area contributed by atoms with E-state index in [1.165, 1.54) is 0 Å². The molecule has 0 aromatic heterocycles. The Morgan fingerprint density at radius 2 is 1.79 bits per heavy atom. The van der Waals surface area contributed by atoms with Crippen LogP contribution in [0.5, 0.6) is 5.75 Å². The molecule has 0 saturated carbocycles. The highest BCUT2D eigenvalue weighted by Crippen LogP contribution is 2.25. The van der Waals surface area contributed by atoms with E-state index in [9.17, 15) is 9.59 Å². The van der Waals surface area contributed by atoms with E-state index in [-0.39, 0.29) is 0 Å². The molecule has 6 nitrogen and oxygen atoms in total. The Kier molecular flexibility index (Phi) is 5.78. The molecule has 0 unspecified atom stereocenters. The van der Waals surface area contributed by atoms with Gasteiger partial charge in [0.2, 0.25) is 5.91 Å². The Labute approximate surface area is 141 Å². The molecule has 0 aliphatic rings. The number of ether oxygens (including phenoxy) is 1. The number of amides is 3. The van der Waals surface area contributed by atoms with Crippen molar-refractivity contribution < 1.29 is 14.3 Å². The second kappa shape index (κ2) is 8.01. The summed E-state index contributed by atoms with van der Waals surface area (Å²) in [7, 11) is 1.56. The van der Waals surface area contributed by atoms with E-state index in [1.807, 2.05) is 31.2 Å². The average Bonchev–Trinajstić information content (AvgIpc) is 2.55. The van der Waals surface area contributed by atoms with E-state index in [0.29, 0.717) is 17.1 Å². The first kappa shape index (κ1) is 17.3. The van der Waals surface area contributed by atoms with Gasteiger partial charge in [-0.15, -0.1) is 0 Å². The molecular weight excluding hydrogens is 306 g/mol. The molecule has 2 aromatic carbocycles. The highest BCUT2D eigenvalue weighted by Gasteiger charge is 2.17. The molecule has 126 valence electrons. The minimum Gasteiger partial charge on any atom is -0.495 e. The zero-order valence-corrected chi connectivity index (χ0v) is 13.9. The number of benzene rings is 2. The van der Waals surface area contributed by atoms with Crippen LogP contribution < -0.4 is 20.7 Å². The Balaban J connectivity index is 1.95. The smallest absolute Gasteiger partial charge is 0.325 e. The number of hydrogen-bond acceptors (Lipinski definition) is 4. The van der Waals surface area contributed by atoms with Gasteiger partial charge in [-0.25, -0.2) is 4.79 Å². The summed E-state index contributed by atoms with van der Waals surface area (Å²) in [6.07, 6.45) is 0. The molecule has 0 spiro atoms. The minimum absolute atomic E-state index is 0.438. The van der Waals surface area contributed by atoms with E-state index in [2.05, 4.69) is 16.0 Å². The first-order chi connectivity index (χ1) is 11.5. The molecule has 3 amide bonds. The summed E-state index contributed by atoms with van der Waals surface area (Å²) < 4.78 is 5.27. The summed E-state index contributed by atoms with van der Waals surface area (Å²) in [5.41, 5.74) is 2.35. The zero-order valence-electron chi connectivity index (χ0n) is 13.9. The van der Waals surface area contributed by atoms with E-state index in [4.69, 9.17) is 4.74 Å². The first-order valence-corrected chi connectivity index (χ1v) is 7.57. The third kappa shape index (κ3) is 4.74. The highest BCUT2D eigenvalue weighted by molar-refractivity contribution is 6.03. The number of para-hydroxylation sites is 1. The SMILES string of the molecule is COc1ccc(C)cc1N[C@H](C)C(=O)NC(=O)Nc1ccccc1. The van der Waals surface area contributed by atoms with Crippen molar-refractivity contribution in [2.75, 3.05) is 17.7 Å². The van der Waals surface area contributed by atoms with Gasteiger partial charge in [-0.2, -0.15) is 0 Å². The standard InChI is InChI=1S/C18H21N3O3/c1-12-9-10-16(24-3)15(11-12)19-13(2)17(22)21-18(23)20-14-7-5-4-6-8-14/h4-11,13,19H,1-3H3,(H2,20,21,22,23)/t13-/m1/s1. The van der Waals surface area contributed by atoms with Gasteiger partial charge >= 0.3 is 6.03 Å². The Morgan fingerprint density at radius 1 is 1.08 bits per heavy atom. The van der Waals surface area contributed by atoms with Crippen molar-refractivity contribution in [2.24, 2.45) is 0 Å². The summed E-state index contributed by atoms with van der Waals surface area (Å²) in [5.74, 6) is 0.195. The second-order valence-corrected chi connectivity index (χ2v) is 5.38. The van der Waals surface area contributed by atoms with Crippen molar-refractivity contribution in [3.63, 3.8) is 0 Å². The fraction of sp³-hybridized carbons (Fsp3) is 0.222. The van der Waals surface area contributed by atoms with Crippen LogP contribution >= 0.6 is 0 Å². The average molecular weight is 327 g/mol. The maximum absolute atomic E-state index is 12.2. The van der Waals surface area contributed by atoms with Crippen LogP contribution in [0.3, 0.4) is 0 Å². The molecule has 24 heavy (non-hydrogen) atoms. The number of carbonyl (C=O) groups excluding carboxylic acids is 2. The van der Waals surface area contributed by atoms with Crippen LogP contribution in [0.15, 0.2) is 48.5 Å². The molecule has 0 aliphatic heterocycles. The van der Waals surface area contributed by atoms with Gasteiger partial charge < -0.3 is 15.4 Å². The number of anilines is 2. The topological polar surface area (TPSA) is 79.5 Å². The molecule has 2 rings (SSSR count). The van der Waals surface area contributed by atoms with Gasteiger partial charge in [0, 0.05) is 5.69 Å². The maximum Gasteiger partial charge on any atom is 0.325 e. The van der Waals surface area contributed by atoms with E-state index >= 15 is 0 Å². The van der Waals surface area contributed by atoms with Crippen molar-refractivity contribution >= 4 is 23.3 Å². The number of urea groups is 1. The fourth-order valence-electron chi connectivity index (χ4n) is 2.14. The second-order valence-electron chi connectivity index (χ2n) is 5.38. The van der Waals surface area contributed by atoms with Crippen molar-refractivity contribution in [1.82, 2.24) is 5.32 Å². The van der Waals surface area contributed by atoms with Crippen molar-refractivity contribution in [3.8, 4) is 5.75 Å². The predicted octanol–water partition coefficient (Wildman–Crippen LogP) is 3.15. The number of imide groups is 1. The monoisotopic (exact) mass is 327 g/mol. The van der Waals surface area contributed by atoms with Crippen molar-refractivity contribution in [2.45, 2.75) is 19.9 Å². The van der Waals surface area contributed by atoms with Gasteiger partial charge in [-0.1, -0.05) is 24.3 Å².